The first-order chi connectivity index (χ1) is 16.5. The van der Waals surface area contributed by atoms with Gasteiger partial charge in [0, 0.05) is 30.5 Å². The number of hydrogen-bond donors (Lipinski definition) is 1. The summed E-state index contributed by atoms with van der Waals surface area (Å²) in [5.74, 6) is 0.856. The summed E-state index contributed by atoms with van der Waals surface area (Å²) < 4.78 is 6.92. The number of hydrogen-bond acceptors (Lipinski definition) is 5. The standard InChI is InChI=1S/C27H31N3O3S/c1-4-18(2)23-10-9-22(17-24(23)30-14-11-19(3)29-30)20-5-7-21(8-6-20)26(31)28-13-16-34-25-12-15-33-27(25)32/h5-11,14,17-18,25H,4,12-13,15-16H2,1-3H3,(H,28,31). The Hall–Kier alpha value is -3.06. The molecule has 0 spiro atoms. The Labute approximate surface area is 205 Å². The summed E-state index contributed by atoms with van der Waals surface area (Å²) in [4.78, 5) is 24.0. The average molecular weight is 478 g/mol. The maximum Gasteiger partial charge on any atom is 0.319 e. The quantitative estimate of drug-likeness (QED) is 0.341. The van der Waals surface area contributed by atoms with Crippen LogP contribution in [0.3, 0.4) is 0 Å². The van der Waals surface area contributed by atoms with Crippen LogP contribution in [-0.2, 0) is 9.53 Å². The molecule has 1 aliphatic rings. The van der Waals surface area contributed by atoms with Crippen molar-refractivity contribution in [1.82, 2.24) is 15.1 Å². The molecule has 0 radical (unpaired) electrons. The maximum atomic E-state index is 12.5. The van der Waals surface area contributed by atoms with E-state index >= 15 is 0 Å². The lowest BCUT2D eigenvalue weighted by Crippen LogP contribution is -2.26. The molecule has 1 fully saturated rings. The molecule has 2 atom stereocenters. The molecule has 2 aromatic carbocycles. The predicted molar refractivity (Wildman–Crippen MR) is 137 cm³/mol. The summed E-state index contributed by atoms with van der Waals surface area (Å²) in [5.41, 5.74) is 6.10. The summed E-state index contributed by atoms with van der Waals surface area (Å²) in [6.07, 6.45) is 3.81. The van der Waals surface area contributed by atoms with Gasteiger partial charge in [0.2, 0.25) is 0 Å². The number of amides is 1. The molecule has 2 heterocycles. The van der Waals surface area contributed by atoms with Crippen molar-refractivity contribution in [3.63, 3.8) is 0 Å². The molecule has 1 saturated heterocycles. The zero-order valence-electron chi connectivity index (χ0n) is 19.9. The van der Waals surface area contributed by atoms with Crippen LogP contribution in [0.2, 0.25) is 0 Å². The highest BCUT2D eigenvalue weighted by molar-refractivity contribution is 8.00. The molecule has 0 bridgehead atoms. The number of esters is 1. The fourth-order valence-corrected chi connectivity index (χ4v) is 4.99. The third-order valence-electron chi connectivity index (χ3n) is 6.22. The van der Waals surface area contributed by atoms with Crippen LogP contribution in [-0.4, -0.2) is 45.8 Å². The monoisotopic (exact) mass is 477 g/mol. The van der Waals surface area contributed by atoms with Crippen molar-refractivity contribution in [3.8, 4) is 16.8 Å². The average Bonchev–Trinajstić information content (AvgIpc) is 3.48. The molecule has 4 rings (SSSR count). The molecule has 178 valence electrons. The molecule has 7 heteroatoms. The number of nitrogens with zero attached hydrogens (tertiary/aromatic N) is 2. The molecule has 0 saturated carbocycles. The van der Waals surface area contributed by atoms with Crippen LogP contribution in [0.1, 0.15) is 54.2 Å². The van der Waals surface area contributed by atoms with Gasteiger partial charge in [-0.1, -0.05) is 38.1 Å². The number of rotatable bonds is 9. The Balaban J connectivity index is 1.43. The summed E-state index contributed by atoms with van der Waals surface area (Å²) in [6, 6.07) is 16.2. The van der Waals surface area contributed by atoms with Crippen LogP contribution < -0.4 is 5.32 Å². The van der Waals surface area contributed by atoms with Gasteiger partial charge in [-0.15, -0.1) is 11.8 Å². The highest BCUT2D eigenvalue weighted by Gasteiger charge is 2.26. The molecule has 6 nitrogen and oxygen atoms in total. The predicted octanol–water partition coefficient (Wildman–Crippen LogP) is 5.14. The van der Waals surface area contributed by atoms with Gasteiger partial charge in [-0.05, 0) is 60.2 Å². The number of carbonyl (C=O) groups is 2. The summed E-state index contributed by atoms with van der Waals surface area (Å²) >= 11 is 1.54. The number of ether oxygens (including phenoxy) is 1. The largest absolute Gasteiger partial charge is 0.465 e. The number of carbonyl (C=O) groups excluding carboxylic acids is 2. The van der Waals surface area contributed by atoms with E-state index in [1.807, 2.05) is 48.1 Å². The smallest absolute Gasteiger partial charge is 0.319 e. The van der Waals surface area contributed by atoms with Gasteiger partial charge >= 0.3 is 5.97 Å². The first-order valence-corrected chi connectivity index (χ1v) is 12.8. The second kappa shape index (κ2) is 10.9. The fraction of sp³-hybridized carbons (Fsp3) is 0.370. The summed E-state index contributed by atoms with van der Waals surface area (Å²) in [7, 11) is 0. The Kier molecular flexibility index (Phi) is 7.73. The minimum Gasteiger partial charge on any atom is -0.465 e. The zero-order chi connectivity index (χ0) is 24.1. The first-order valence-electron chi connectivity index (χ1n) is 11.8. The van der Waals surface area contributed by atoms with Crippen molar-refractivity contribution >= 4 is 23.6 Å². The molecule has 3 aromatic rings. The van der Waals surface area contributed by atoms with E-state index in [0.29, 0.717) is 30.4 Å². The highest BCUT2D eigenvalue weighted by atomic mass is 32.2. The molecular weight excluding hydrogens is 446 g/mol. The van der Waals surface area contributed by atoms with Crippen molar-refractivity contribution < 1.29 is 14.3 Å². The van der Waals surface area contributed by atoms with Crippen LogP contribution in [0.25, 0.3) is 16.8 Å². The molecule has 1 aliphatic heterocycles. The maximum absolute atomic E-state index is 12.5. The fourth-order valence-electron chi connectivity index (χ4n) is 4.02. The number of aromatic nitrogens is 2. The van der Waals surface area contributed by atoms with Crippen molar-refractivity contribution in [2.75, 3.05) is 18.9 Å². The van der Waals surface area contributed by atoms with Gasteiger partial charge in [-0.25, -0.2) is 4.68 Å². The lowest BCUT2D eigenvalue weighted by Gasteiger charge is -2.17. The van der Waals surface area contributed by atoms with Crippen LogP contribution in [0.4, 0.5) is 0 Å². The van der Waals surface area contributed by atoms with Crippen LogP contribution in [0.15, 0.2) is 54.7 Å². The Morgan fingerprint density at radius 2 is 1.97 bits per heavy atom. The summed E-state index contributed by atoms with van der Waals surface area (Å²) in [6.45, 7) is 7.44. The van der Waals surface area contributed by atoms with Gasteiger partial charge in [0.05, 0.1) is 18.0 Å². The number of nitrogens with one attached hydrogen (secondary N) is 1. The highest BCUT2D eigenvalue weighted by Crippen LogP contribution is 2.30. The minimum absolute atomic E-state index is 0.0987. The van der Waals surface area contributed by atoms with E-state index < -0.39 is 0 Å². The van der Waals surface area contributed by atoms with Gasteiger partial charge in [0.25, 0.3) is 5.91 Å². The van der Waals surface area contributed by atoms with E-state index in [1.165, 1.54) is 17.3 Å². The number of cyclic esters (lactones) is 1. The third kappa shape index (κ3) is 5.53. The van der Waals surface area contributed by atoms with Crippen molar-refractivity contribution in [1.29, 1.82) is 0 Å². The molecule has 2 unspecified atom stereocenters. The number of thioether (sulfide) groups is 1. The van der Waals surface area contributed by atoms with Gasteiger partial charge in [-0.3, -0.25) is 9.59 Å². The van der Waals surface area contributed by atoms with Crippen molar-refractivity contribution in [3.05, 3.63) is 71.5 Å². The lowest BCUT2D eigenvalue weighted by molar-refractivity contribution is -0.137. The van der Waals surface area contributed by atoms with Crippen molar-refractivity contribution in [2.24, 2.45) is 0 Å². The molecule has 1 aromatic heterocycles. The van der Waals surface area contributed by atoms with Crippen LogP contribution in [0.5, 0.6) is 0 Å². The molecule has 1 amide bonds. The van der Waals surface area contributed by atoms with Gasteiger partial charge < -0.3 is 10.1 Å². The molecule has 34 heavy (non-hydrogen) atoms. The zero-order valence-corrected chi connectivity index (χ0v) is 20.7. The molecule has 0 aliphatic carbocycles. The van der Waals surface area contributed by atoms with E-state index in [4.69, 9.17) is 4.74 Å². The normalized spacial score (nSPS) is 16.3. The molecule has 1 N–H and O–H groups in total. The van der Waals surface area contributed by atoms with Gasteiger partial charge in [-0.2, -0.15) is 5.10 Å². The number of benzene rings is 2. The molecular formula is C27H31N3O3S. The second-order valence-corrected chi connectivity index (χ2v) is 9.94. The third-order valence-corrected chi connectivity index (χ3v) is 7.49. The van der Waals surface area contributed by atoms with Crippen molar-refractivity contribution in [2.45, 2.75) is 44.8 Å². The first kappa shape index (κ1) is 24.1. The lowest BCUT2D eigenvalue weighted by atomic mass is 9.93. The van der Waals surface area contributed by atoms with Gasteiger partial charge in [0.1, 0.15) is 5.25 Å². The van der Waals surface area contributed by atoms with E-state index in [0.717, 1.165) is 35.3 Å². The minimum atomic E-state index is -0.144. The number of aryl methyl sites for hydroxylation is 1. The SMILES string of the molecule is CCC(C)c1ccc(-c2ccc(C(=O)NCCSC3CCOC3=O)cc2)cc1-n1ccc(C)n1. The topological polar surface area (TPSA) is 73.2 Å². The Bertz CT molecular complexity index is 1160. The van der Waals surface area contributed by atoms with Gasteiger partial charge in [0.15, 0.2) is 0 Å². The van der Waals surface area contributed by atoms with E-state index in [-0.39, 0.29) is 17.1 Å². The van der Waals surface area contributed by atoms with Crippen LogP contribution >= 0.6 is 11.8 Å². The second-order valence-electron chi connectivity index (χ2n) is 8.63. The van der Waals surface area contributed by atoms with E-state index in [2.05, 4.69) is 42.5 Å². The Morgan fingerprint density at radius 1 is 1.21 bits per heavy atom. The van der Waals surface area contributed by atoms with E-state index in [9.17, 15) is 9.59 Å². The summed E-state index contributed by atoms with van der Waals surface area (Å²) in [5, 5.41) is 7.47. The van der Waals surface area contributed by atoms with Crippen LogP contribution in [0, 0.1) is 6.92 Å². The van der Waals surface area contributed by atoms with E-state index in [1.54, 1.807) is 0 Å². The Morgan fingerprint density at radius 3 is 2.62 bits per heavy atom.